The van der Waals surface area contributed by atoms with E-state index >= 15 is 0 Å². The van der Waals surface area contributed by atoms with E-state index in [1.54, 1.807) is 19.2 Å². The van der Waals surface area contributed by atoms with Gasteiger partial charge in [0.25, 0.3) is 5.91 Å². The van der Waals surface area contributed by atoms with Crippen LogP contribution in [0, 0.1) is 11.2 Å². The van der Waals surface area contributed by atoms with Gasteiger partial charge < -0.3 is 10.6 Å². The minimum Gasteiger partial charge on any atom is -0.385 e. The number of anilines is 1. The molecule has 0 radical (unpaired) electrons. The van der Waals surface area contributed by atoms with Crippen LogP contribution in [0.25, 0.3) is 0 Å². The van der Waals surface area contributed by atoms with Crippen molar-refractivity contribution in [3.05, 3.63) is 29.6 Å². The first-order chi connectivity index (χ1) is 9.43. The van der Waals surface area contributed by atoms with Crippen molar-refractivity contribution in [2.45, 2.75) is 45.6 Å². The monoisotopic (exact) mass is 278 g/mol. The van der Waals surface area contributed by atoms with E-state index in [0.29, 0.717) is 5.56 Å². The van der Waals surface area contributed by atoms with Crippen LogP contribution in [0.2, 0.25) is 0 Å². The van der Waals surface area contributed by atoms with Crippen LogP contribution >= 0.6 is 0 Å². The quantitative estimate of drug-likeness (QED) is 0.887. The van der Waals surface area contributed by atoms with Gasteiger partial charge in [-0.05, 0) is 36.8 Å². The van der Waals surface area contributed by atoms with Crippen LogP contribution in [-0.2, 0) is 0 Å². The van der Waals surface area contributed by atoms with Gasteiger partial charge in [-0.2, -0.15) is 0 Å². The molecule has 110 valence electrons. The highest BCUT2D eigenvalue weighted by atomic mass is 19.1. The lowest BCUT2D eigenvalue weighted by molar-refractivity contribution is 0.0903. The van der Waals surface area contributed by atoms with Crippen LogP contribution in [0.3, 0.4) is 0 Å². The Labute approximate surface area is 120 Å². The van der Waals surface area contributed by atoms with Crippen molar-refractivity contribution >= 4 is 11.6 Å². The van der Waals surface area contributed by atoms with E-state index in [4.69, 9.17) is 0 Å². The molecule has 0 spiro atoms. The molecule has 2 rings (SSSR count). The van der Waals surface area contributed by atoms with E-state index in [0.717, 1.165) is 19.3 Å². The maximum absolute atomic E-state index is 13.7. The highest BCUT2D eigenvalue weighted by Gasteiger charge is 2.29. The Morgan fingerprint density at radius 1 is 1.40 bits per heavy atom. The van der Waals surface area contributed by atoms with Crippen molar-refractivity contribution in [2.75, 3.05) is 12.4 Å². The fourth-order valence-electron chi connectivity index (χ4n) is 3.05. The Morgan fingerprint density at radius 3 is 2.80 bits per heavy atom. The summed E-state index contributed by atoms with van der Waals surface area (Å²) in [6.07, 6.45) is 4.30. The summed E-state index contributed by atoms with van der Waals surface area (Å²) in [7, 11) is 1.62. The molecule has 1 aliphatic carbocycles. The maximum Gasteiger partial charge on any atom is 0.253 e. The molecule has 0 bridgehead atoms. The third kappa shape index (κ3) is 3.30. The average molecular weight is 278 g/mol. The van der Waals surface area contributed by atoms with Crippen molar-refractivity contribution in [2.24, 2.45) is 5.41 Å². The molecule has 1 aromatic carbocycles. The number of hydrogen-bond acceptors (Lipinski definition) is 2. The first-order valence-electron chi connectivity index (χ1n) is 7.20. The molecule has 3 nitrogen and oxygen atoms in total. The summed E-state index contributed by atoms with van der Waals surface area (Å²) < 4.78 is 13.7. The minimum atomic E-state index is -0.399. The predicted molar refractivity (Wildman–Crippen MR) is 79.4 cm³/mol. The Bertz CT molecular complexity index is 499. The Hall–Kier alpha value is -1.58. The summed E-state index contributed by atoms with van der Waals surface area (Å²) in [5.41, 5.74) is 0.903. The molecule has 1 aliphatic rings. The van der Waals surface area contributed by atoms with Gasteiger partial charge in [-0.3, -0.25) is 4.79 Å². The molecule has 2 N–H and O–H groups in total. The molecular weight excluding hydrogens is 255 g/mol. The zero-order chi connectivity index (χ0) is 14.8. The molecule has 1 fully saturated rings. The number of benzene rings is 1. The number of rotatable bonds is 3. The topological polar surface area (TPSA) is 41.1 Å². The lowest BCUT2D eigenvalue weighted by Gasteiger charge is -2.35. The summed E-state index contributed by atoms with van der Waals surface area (Å²) in [5.74, 6) is -0.597. The second kappa shape index (κ2) is 5.81. The van der Waals surface area contributed by atoms with E-state index in [9.17, 15) is 9.18 Å². The van der Waals surface area contributed by atoms with Crippen LogP contribution in [0.4, 0.5) is 10.1 Å². The van der Waals surface area contributed by atoms with Crippen molar-refractivity contribution in [3.8, 4) is 0 Å². The van der Waals surface area contributed by atoms with Crippen molar-refractivity contribution in [1.82, 2.24) is 5.32 Å². The average Bonchev–Trinajstić information content (AvgIpc) is 2.37. The van der Waals surface area contributed by atoms with Crippen LogP contribution in [0.15, 0.2) is 18.2 Å². The number of amides is 1. The molecule has 0 heterocycles. The first kappa shape index (κ1) is 14.8. The van der Waals surface area contributed by atoms with Crippen LogP contribution < -0.4 is 10.6 Å². The molecule has 1 amide bonds. The molecule has 20 heavy (non-hydrogen) atoms. The van der Waals surface area contributed by atoms with Crippen LogP contribution in [-0.4, -0.2) is 19.0 Å². The summed E-state index contributed by atoms with van der Waals surface area (Å²) in [5, 5.41) is 5.81. The van der Waals surface area contributed by atoms with Crippen LogP contribution in [0.5, 0.6) is 0 Å². The van der Waals surface area contributed by atoms with E-state index in [1.807, 2.05) is 0 Å². The fraction of sp³-hybridized carbons (Fsp3) is 0.562. The van der Waals surface area contributed by atoms with E-state index < -0.39 is 5.82 Å². The zero-order valence-electron chi connectivity index (χ0n) is 12.4. The standard InChI is InChI=1S/C16H23FN2O/c1-16(2)9-5-6-11(10-16)19-15(20)12-7-4-8-13(17)14(12)18-3/h4,7-8,11,18H,5-6,9-10H2,1-3H3,(H,19,20). The fourth-order valence-corrected chi connectivity index (χ4v) is 3.05. The van der Waals surface area contributed by atoms with Gasteiger partial charge in [-0.15, -0.1) is 0 Å². The molecule has 1 aromatic rings. The summed E-state index contributed by atoms with van der Waals surface area (Å²) in [6.45, 7) is 4.46. The number of hydrogen-bond donors (Lipinski definition) is 2. The van der Waals surface area contributed by atoms with Gasteiger partial charge in [0.15, 0.2) is 0 Å². The summed E-state index contributed by atoms with van der Waals surface area (Å²) >= 11 is 0. The largest absolute Gasteiger partial charge is 0.385 e. The van der Waals surface area contributed by atoms with Gasteiger partial charge in [0.2, 0.25) is 0 Å². The van der Waals surface area contributed by atoms with Crippen LogP contribution in [0.1, 0.15) is 49.9 Å². The highest BCUT2D eigenvalue weighted by molar-refractivity contribution is 5.99. The normalized spacial score (nSPS) is 21.3. The third-order valence-electron chi connectivity index (χ3n) is 4.05. The lowest BCUT2D eigenvalue weighted by Crippen LogP contribution is -2.40. The smallest absolute Gasteiger partial charge is 0.253 e. The molecule has 1 unspecified atom stereocenters. The molecule has 1 atom stereocenters. The van der Waals surface area contributed by atoms with Gasteiger partial charge in [-0.25, -0.2) is 4.39 Å². The van der Waals surface area contributed by atoms with E-state index in [2.05, 4.69) is 24.5 Å². The highest BCUT2D eigenvalue weighted by Crippen LogP contribution is 2.35. The summed E-state index contributed by atoms with van der Waals surface area (Å²) in [4.78, 5) is 12.3. The minimum absolute atomic E-state index is 0.180. The number of halogens is 1. The van der Waals surface area contributed by atoms with Gasteiger partial charge in [-0.1, -0.05) is 26.3 Å². The number of para-hydroxylation sites is 1. The second-order valence-electron chi connectivity index (χ2n) is 6.34. The molecule has 0 aliphatic heterocycles. The second-order valence-corrected chi connectivity index (χ2v) is 6.34. The maximum atomic E-state index is 13.7. The summed E-state index contributed by atoms with van der Waals surface area (Å²) in [6, 6.07) is 4.75. The Balaban J connectivity index is 2.11. The molecule has 1 saturated carbocycles. The molecule has 0 aromatic heterocycles. The van der Waals surface area contributed by atoms with Gasteiger partial charge >= 0.3 is 0 Å². The third-order valence-corrected chi connectivity index (χ3v) is 4.05. The molecule has 0 saturated heterocycles. The Morgan fingerprint density at radius 2 is 2.15 bits per heavy atom. The number of nitrogens with one attached hydrogen (secondary N) is 2. The number of carbonyl (C=O) groups excluding carboxylic acids is 1. The number of carbonyl (C=O) groups is 1. The molecule has 4 heteroatoms. The van der Waals surface area contributed by atoms with Crippen molar-refractivity contribution < 1.29 is 9.18 Å². The SMILES string of the molecule is CNc1c(F)cccc1C(=O)NC1CCCC(C)(C)C1. The van der Waals surface area contributed by atoms with Gasteiger partial charge in [0, 0.05) is 13.1 Å². The van der Waals surface area contributed by atoms with Gasteiger partial charge in [0.05, 0.1) is 11.3 Å². The Kier molecular flexibility index (Phi) is 4.31. The first-order valence-corrected chi connectivity index (χ1v) is 7.20. The van der Waals surface area contributed by atoms with E-state index in [-0.39, 0.29) is 23.1 Å². The van der Waals surface area contributed by atoms with E-state index in [1.165, 1.54) is 12.5 Å². The van der Waals surface area contributed by atoms with Gasteiger partial charge in [0.1, 0.15) is 5.82 Å². The lowest BCUT2D eigenvalue weighted by atomic mass is 9.75. The predicted octanol–water partition coefficient (Wildman–Crippen LogP) is 3.57. The molecular formula is C16H23FN2O. The van der Waals surface area contributed by atoms with Crippen molar-refractivity contribution in [3.63, 3.8) is 0 Å². The van der Waals surface area contributed by atoms with Crippen molar-refractivity contribution in [1.29, 1.82) is 0 Å². The zero-order valence-corrected chi connectivity index (χ0v) is 12.4.